The molecule has 0 amide bonds. The average molecular weight is 354 g/mol. The molecular weight excluding hydrogens is 336 g/mol. The fourth-order valence-electron chi connectivity index (χ4n) is 2.32. The van der Waals surface area contributed by atoms with Gasteiger partial charge in [-0.05, 0) is 29.4 Å². The van der Waals surface area contributed by atoms with E-state index in [0.29, 0.717) is 5.75 Å². The molecule has 2 aromatic rings. The summed E-state index contributed by atoms with van der Waals surface area (Å²) in [6.07, 6.45) is -2.01. The molecule has 23 heavy (non-hydrogen) atoms. The lowest BCUT2D eigenvalue weighted by atomic mass is 10.1. The molecule has 1 aliphatic heterocycles. The minimum Gasteiger partial charge on any atom is -0.475 e. The van der Waals surface area contributed by atoms with Gasteiger partial charge in [0.2, 0.25) is 5.90 Å². The number of nitrogens with zero attached hydrogens (tertiary/aromatic N) is 1. The van der Waals surface area contributed by atoms with Gasteiger partial charge >= 0.3 is 0 Å². The van der Waals surface area contributed by atoms with Crippen molar-refractivity contribution in [3.05, 3.63) is 70.8 Å². The maximum atomic E-state index is 13.8. The average Bonchev–Trinajstić information content (AvgIpc) is 3.04. The van der Waals surface area contributed by atoms with Crippen molar-refractivity contribution in [3.63, 3.8) is 0 Å². The first kappa shape index (κ1) is 12.8. The molecule has 0 aromatic heterocycles. The fourth-order valence-corrected chi connectivity index (χ4v) is 3.29. The molecular formula is C17H15F2NOS2. The molecule has 1 heterocycles. The van der Waals surface area contributed by atoms with Gasteiger partial charge in [-0.3, -0.25) is 0 Å². The number of rotatable bonds is 5. The number of hydrogen-bond acceptors (Lipinski definition) is 4. The Morgan fingerprint density at radius 2 is 1.96 bits per heavy atom. The lowest BCUT2D eigenvalue weighted by Gasteiger charge is -2.06. The van der Waals surface area contributed by atoms with Crippen LogP contribution in [0.3, 0.4) is 0 Å². The minimum absolute atomic E-state index is 0.0284. The number of ether oxygens (including phenoxy) is 1. The van der Waals surface area contributed by atoms with Gasteiger partial charge in [-0.25, -0.2) is 13.8 Å². The third-order valence-electron chi connectivity index (χ3n) is 3.48. The Morgan fingerprint density at radius 3 is 2.65 bits per heavy atom. The van der Waals surface area contributed by atoms with Crippen LogP contribution in [-0.4, -0.2) is 18.7 Å². The van der Waals surface area contributed by atoms with Gasteiger partial charge in [0.1, 0.15) is 29.8 Å². The van der Waals surface area contributed by atoms with Crippen molar-refractivity contribution in [1.29, 1.82) is 0 Å². The predicted octanol–water partition coefficient (Wildman–Crippen LogP) is 4.99. The van der Waals surface area contributed by atoms with Crippen LogP contribution in [-0.2, 0) is 10.5 Å². The first-order valence-corrected chi connectivity index (χ1v) is 9.20. The molecule has 6 heteroatoms. The van der Waals surface area contributed by atoms with Gasteiger partial charge < -0.3 is 4.74 Å². The maximum absolute atomic E-state index is 13.8. The van der Waals surface area contributed by atoms with Crippen molar-refractivity contribution in [3.8, 4) is 0 Å². The van der Waals surface area contributed by atoms with Crippen LogP contribution in [0.2, 0.25) is 0 Å². The van der Waals surface area contributed by atoms with Crippen LogP contribution < -0.4 is 0 Å². The highest BCUT2D eigenvalue weighted by Crippen LogP contribution is 2.28. The quantitative estimate of drug-likeness (QED) is 0.706. The van der Waals surface area contributed by atoms with E-state index in [1.807, 2.05) is 24.3 Å². The summed E-state index contributed by atoms with van der Waals surface area (Å²) in [6, 6.07) is 10.8. The van der Waals surface area contributed by atoms with Crippen LogP contribution in [0.1, 0.15) is 26.8 Å². The SMILES string of the molecule is [2H]C([2H])([2H])SSCc1ccc(C2COC(c3c(F)cccc3F)=N2)cc1. The van der Waals surface area contributed by atoms with Crippen LogP contribution in [0.25, 0.3) is 0 Å². The highest BCUT2D eigenvalue weighted by molar-refractivity contribution is 8.76. The van der Waals surface area contributed by atoms with Gasteiger partial charge in [-0.1, -0.05) is 51.9 Å². The molecule has 0 aliphatic carbocycles. The van der Waals surface area contributed by atoms with Crippen molar-refractivity contribution in [2.45, 2.75) is 11.8 Å². The first-order valence-electron chi connectivity index (χ1n) is 8.38. The van der Waals surface area contributed by atoms with Crippen molar-refractivity contribution >= 4 is 27.5 Å². The fraction of sp³-hybridized carbons (Fsp3) is 0.235. The highest BCUT2D eigenvalue weighted by Gasteiger charge is 2.25. The first-order chi connectivity index (χ1) is 12.3. The van der Waals surface area contributed by atoms with Crippen molar-refractivity contribution in [1.82, 2.24) is 0 Å². The normalized spacial score (nSPS) is 19.5. The molecule has 0 fully saturated rings. The summed E-state index contributed by atoms with van der Waals surface area (Å²) < 4.78 is 54.6. The molecule has 3 rings (SSSR count). The molecule has 2 aromatic carbocycles. The second-order valence-electron chi connectivity index (χ2n) is 4.94. The predicted molar refractivity (Wildman–Crippen MR) is 92.8 cm³/mol. The van der Waals surface area contributed by atoms with Crippen LogP contribution in [0.4, 0.5) is 8.78 Å². The molecule has 0 bridgehead atoms. The zero-order valence-corrected chi connectivity index (χ0v) is 13.6. The standard InChI is InChI=1S/C17H15F2NOS2/c1-22-23-10-11-5-7-12(8-6-11)15-9-21-17(20-15)16-13(18)3-2-4-14(16)19/h2-8,15H,9-10H2,1H3/i1D3. The monoisotopic (exact) mass is 354 g/mol. The summed E-state index contributed by atoms with van der Waals surface area (Å²) in [6.45, 7) is 0.214. The smallest absolute Gasteiger partial charge is 0.222 e. The summed E-state index contributed by atoms with van der Waals surface area (Å²) in [7, 11) is 2.13. The Kier molecular flexibility index (Phi) is 4.11. The largest absolute Gasteiger partial charge is 0.475 e. The molecule has 0 saturated carbocycles. The van der Waals surface area contributed by atoms with Gasteiger partial charge in [0.15, 0.2) is 0 Å². The summed E-state index contributed by atoms with van der Waals surface area (Å²) in [5.74, 6) is -0.870. The molecule has 0 saturated heterocycles. The molecule has 0 N–H and O–H groups in total. The van der Waals surface area contributed by atoms with Crippen molar-refractivity contribution in [2.24, 2.45) is 4.99 Å². The van der Waals surface area contributed by atoms with Crippen molar-refractivity contribution in [2.75, 3.05) is 12.8 Å². The van der Waals surface area contributed by atoms with E-state index >= 15 is 0 Å². The molecule has 1 atom stereocenters. The molecule has 120 valence electrons. The second kappa shape index (κ2) is 7.36. The summed E-state index contributed by atoms with van der Waals surface area (Å²) in [4.78, 5) is 4.31. The molecule has 0 spiro atoms. The zero-order valence-electron chi connectivity index (χ0n) is 15.0. The Bertz CT molecular complexity index is 792. The maximum Gasteiger partial charge on any atom is 0.222 e. The van der Waals surface area contributed by atoms with E-state index < -0.39 is 17.8 Å². The van der Waals surface area contributed by atoms with Gasteiger partial charge in [0.25, 0.3) is 0 Å². The number of halogens is 2. The van der Waals surface area contributed by atoms with Gasteiger partial charge in [-0.2, -0.15) is 0 Å². The zero-order chi connectivity index (χ0) is 18.7. The highest BCUT2D eigenvalue weighted by atomic mass is 33.1. The Labute approximate surface area is 146 Å². The number of benzene rings is 2. The van der Waals surface area contributed by atoms with E-state index in [1.165, 1.54) is 29.0 Å². The third kappa shape index (κ3) is 3.70. The van der Waals surface area contributed by atoms with Gasteiger partial charge in [0, 0.05) is 9.87 Å². The molecule has 1 unspecified atom stereocenters. The summed E-state index contributed by atoms with van der Waals surface area (Å²) in [5.41, 5.74) is 1.61. The lowest BCUT2D eigenvalue weighted by molar-refractivity contribution is 0.317. The van der Waals surface area contributed by atoms with E-state index in [0.717, 1.165) is 21.9 Å². The summed E-state index contributed by atoms with van der Waals surface area (Å²) >= 11 is 0. The van der Waals surface area contributed by atoms with E-state index in [9.17, 15) is 8.78 Å². The van der Waals surface area contributed by atoms with E-state index in [1.54, 1.807) is 0 Å². The molecule has 0 radical (unpaired) electrons. The Hall–Kier alpha value is -1.53. The number of aliphatic imine (C=N–C) groups is 1. The molecule has 1 aliphatic rings. The third-order valence-corrected chi connectivity index (χ3v) is 4.75. The van der Waals surface area contributed by atoms with E-state index in [2.05, 4.69) is 4.99 Å². The van der Waals surface area contributed by atoms with Crippen LogP contribution in [0.15, 0.2) is 47.5 Å². The molecule has 2 nitrogen and oxygen atoms in total. The Balaban J connectivity index is 1.68. The van der Waals surface area contributed by atoms with Crippen molar-refractivity contribution < 1.29 is 17.6 Å². The Morgan fingerprint density at radius 1 is 1.22 bits per heavy atom. The van der Waals surface area contributed by atoms with Crippen LogP contribution >= 0.6 is 21.6 Å². The lowest BCUT2D eigenvalue weighted by Crippen LogP contribution is -2.07. The van der Waals surface area contributed by atoms with E-state index in [4.69, 9.17) is 8.85 Å². The van der Waals surface area contributed by atoms with E-state index in [-0.39, 0.29) is 24.1 Å². The van der Waals surface area contributed by atoms with Crippen LogP contribution in [0.5, 0.6) is 0 Å². The van der Waals surface area contributed by atoms with Gasteiger partial charge in [0.05, 0.1) is 0 Å². The van der Waals surface area contributed by atoms with Gasteiger partial charge in [-0.15, -0.1) is 0 Å². The summed E-state index contributed by atoms with van der Waals surface area (Å²) in [5, 5.41) is 0. The second-order valence-corrected chi connectivity index (χ2v) is 6.84. The minimum atomic E-state index is -2.01. The number of hydrogen-bond donors (Lipinski definition) is 0. The topological polar surface area (TPSA) is 21.6 Å². The van der Waals surface area contributed by atoms with Crippen LogP contribution in [0, 0.1) is 11.6 Å².